The average Bonchev–Trinajstić information content (AvgIpc) is 3.18. The zero-order valence-electron chi connectivity index (χ0n) is 16.5. The number of nitrogens with one attached hydrogen (secondary N) is 1. The fourth-order valence-corrected chi connectivity index (χ4v) is 6.32. The first-order valence-electron chi connectivity index (χ1n) is 10.5. The maximum Gasteiger partial charge on any atom is 0.241 e. The predicted octanol–water partition coefficient (Wildman–Crippen LogP) is 4.05. The van der Waals surface area contributed by atoms with Crippen molar-refractivity contribution in [2.75, 3.05) is 19.6 Å². The van der Waals surface area contributed by atoms with Crippen LogP contribution in [0.15, 0.2) is 65.6 Å². The Hall–Kier alpha value is -2.21. The number of fused-ring (bicyclic) bond motifs is 1. The molecule has 4 nitrogen and oxygen atoms in total. The highest BCUT2D eigenvalue weighted by atomic mass is 32.2. The van der Waals surface area contributed by atoms with Crippen molar-refractivity contribution in [2.45, 2.75) is 36.6 Å². The minimum Gasteiger partial charge on any atom is -0.296 e. The Morgan fingerprint density at radius 1 is 0.931 bits per heavy atom. The van der Waals surface area contributed by atoms with Gasteiger partial charge in [0.1, 0.15) is 0 Å². The van der Waals surface area contributed by atoms with E-state index in [1.165, 1.54) is 17.5 Å². The second-order valence-electron chi connectivity index (χ2n) is 8.06. The summed E-state index contributed by atoms with van der Waals surface area (Å²) in [6.45, 7) is 2.46. The molecule has 1 aliphatic carbocycles. The van der Waals surface area contributed by atoms with Crippen LogP contribution in [0.1, 0.15) is 35.6 Å². The van der Waals surface area contributed by atoms with E-state index in [0.717, 1.165) is 43.1 Å². The summed E-state index contributed by atoms with van der Waals surface area (Å²) in [5.41, 5.74) is 4.57. The lowest BCUT2D eigenvalue weighted by atomic mass is 9.93. The smallest absolute Gasteiger partial charge is 0.241 e. The Morgan fingerprint density at radius 3 is 2.59 bits per heavy atom. The molecule has 29 heavy (non-hydrogen) atoms. The maximum atomic E-state index is 12.9. The van der Waals surface area contributed by atoms with E-state index in [0.29, 0.717) is 17.5 Å². The van der Waals surface area contributed by atoms with Gasteiger partial charge >= 0.3 is 0 Å². The fraction of sp³-hybridized carbons (Fsp3) is 0.333. The molecular formula is C24H26N2O2S. The molecule has 0 aromatic heterocycles. The maximum absolute atomic E-state index is 12.9. The van der Waals surface area contributed by atoms with Gasteiger partial charge in [-0.1, -0.05) is 54.6 Å². The predicted molar refractivity (Wildman–Crippen MR) is 117 cm³/mol. The first-order chi connectivity index (χ1) is 14.1. The molecule has 0 bridgehead atoms. The molecule has 0 radical (unpaired) electrons. The number of rotatable bonds is 6. The minimum absolute atomic E-state index is 0.364. The van der Waals surface area contributed by atoms with Gasteiger partial charge in [0.2, 0.25) is 10.0 Å². The summed E-state index contributed by atoms with van der Waals surface area (Å²) in [6, 6.07) is 20.3. The summed E-state index contributed by atoms with van der Waals surface area (Å²) in [6.07, 6.45) is 4.27. The highest BCUT2D eigenvalue weighted by Crippen LogP contribution is 2.41. The first kappa shape index (κ1) is 18.8. The number of benzene rings is 3. The summed E-state index contributed by atoms with van der Waals surface area (Å²) in [7, 11) is -3.52. The van der Waals surface area contributed by atoms with Crippen LogP contribution in [0.25, 0.3) is 10.8 Å². The van der Waals surface area contributed by atoms with Crippen molar-refractivity contribution in [1.29, 1.82) is 0 Å². The molecule has 1 aliphatic heterocycles. The third-order valence-corrected chi connectivity index (χ3v) is 7.89. The standard InChI is InChI=1S/C24H26N2O2S/c27-29(28,23-11-4-7-18-6-1-2-10-21(18)23)25-15-5-16-26-17-14-20-9-3-8-19-12-13-22(26)24(19)20/h1-4,6-11,22,25H,5,12-17H2. The van der Waals surface area contributed by atoms with Gasteiger partial charge in [0.25, 0.3) is 0 Å². The Morgan fingerprint density at radius 2 is 1.69 bits per heavy atom. The van der Waals surface area contributed by atoms with Crippen LogP contribution in [-0.4, -0.2) is 33.0 Å². The van der Waals surface area contributed by atoms with Crippen molar-refractivity contribution in [2.24, 2.45) is 0 Å². The van der Waals surface area contributed by atoms with Crippen LogP contribution in [0.4, 0.5) is 0 Å². The van der Waals surface area contributed by atoms with Gasteiger partial charge in [-0.25, -0.2) is 13.1 Å². The molecule has 1 unspecified atom stereocenters. The quantitative estimate of drug-likeness (QED) is 0.628. The van der Waals surface area contributed by atoms with Gasteiger partial charge in [0, 0.05) is 31.1 Å². The number of hydrogen-bond donors (Lipinski definition) is 1. The molecule has 5 rings (SSSR count). The third-order valence-electron chi connectivity index (χ3n) is 6.37. The molecule has 3 aromatic rings. The summed E-state index contributed by atoms with van der Waals surface area (Å²) in [5.74, 6) is 0. The van der Waals surface area contributed by atoms with Crippen LogP contribution in [-0.2, 0) is 22.9 Å². The summed E-state index contributed by atoms with van der Waals surface area (Å²) in [5, 5.41) is 1.72. The third kappa shape index (κ3) is 3.48. The van der Waals surface area contributed by atoms with Gasteiger partial charge in [0.05, 0.1) is 4.90 Å². The molecule has 5 heteroatoms. The highest BCUT2D eigenvalue weighted by Gasteiger charge is 2.32. The van der Waals surface area contributed by atoms with Crippen LogP contribution in [0.2, 0.25) is 0 Å². The zero-order chi connectivity index (χ0) is 19.8. The van der Waals surface area contributed by atoms with Crippen molar-refractivity contribution in [3.63, 3.8) is 0 Å². The first-order valence-corrected chi connectivity index (χ1v) is 11.9. The van der Waals surface area contributed by atoms with Crippen molar-refractivity contribution < 1.29 is 8.42 Å². The second-order valence-corrected chi connectivity index (χ2v) is 9.79. The monoisotopic (exact) mass is 406 g/mol. The Balaban J connectivity index is 1.23. The van der Waals surface area contributed by atoms with E-state index in [4.69, 9.17) is 0 Å². The molecular weight excluding hydrogens is 380 g/mol. The molecule has 150 valence electrons. The number of nitrogens with zero attached hydrogens (tertiary/aromatic N) is 1. The van der Waals surface area contributed by atoms with Crippen molar-refractivity contribution in [3.8, 4) is 0 Å². The topological polar surface area (TPSA) is 49.4 Å². The molecule has 0 saturated heterocycles. The molecule has 0 amide bonds. The lowest BCUT2D eigenvalue weighted by Crippen LogP contribution is -2.36. The van der Waals surface area contributed by atoms with Crippen LogP contribution >= 0.6 is 0 Å². The largest absolute Gasteiger partial charge is 0.296 e. The van der Waals surface area contributed by atoms with Crippen molar-refractivity contribution in [3.05, 3.63) is 77.4 Å². The van der Waals surface area contributed by atoms with Gasteiger partial charge in [-0.05, 0) is 53.8 Å². The molecule has 1 N–H and O–H groups in total. The molecule has 0 spiro atoms. The van der Waals surface area contributed by atoms with Crippen LogP contribution in [0.5, 0.6) is 0 Å². The zero-order valence-corrected chi connectivity index (χ0v) is 17.3. The Bertz CT molecular complexity index is 1150. The van der Waals surface area contributed by atoms with Crippen molar-refractivity contribution in [1.82, 2.24) is 9.62 Å². The summed E-state index contributed by atoms with van der Waals surface area (Å²) >= 11 is 0. The fourth-order valence-electron chi connectivity index (χ4n) is 5.02. The van der Waals surface area contributed by atoms with Crippen LogP contribution in [0.3, 0.4) is 0 Å². The number of sulfonamides is 1. The lowest BCUT2D eigenvalue weighted by molar-refractivity contribution is 0.184. The summed E-state index contributed by atoms with van der Waals surface area (Å²) in [4.78, 5) is 2.91. The molecule has 0 saturated carbocycles. The molecule has 0 fully saturated rings. The Labute approximate surface area is 172 Å². The molecule has 2 aliphatic rings. The minimum atomic E-state index is -3.52. The number of aryl methyl sites for hydroxylation is 1. The summed E-state index contributed by atoms with van der Waals surface area (Å²) < 4.78 is 28.5. The van der Waals surface area contributed by atoms with E-state index in [-0.39, 0.29) is 0 Å². The van der Waals surface area contributed by atoms with E-state index in [1.54, 1.807) is 17.7 Å². The van der Waals surface area contributed by atoms with Gasteiger partial charge in [-0.3, -0.25) is 4.90 Å². The van der Waals surface area contributed by atoms with E-state index < -0.39 is 10.0 Å². The molecule has 1 atom stereocenters. The SMILES string of the molecule is O=S(=O)(NCCCN1CCc2cccc3c2C1CC3)c1cccc2ccccc12. The van der Waals surface area contributed by atoms with E-state index >= 15 is 0 Å². The van der Waals surface area contributed by atoms with Gasteiger partial charge in [-0.2, -0.15) is 0 Å². The normalized spacial score (nSPS) is 18.8. The van der Waals surface area contributed by atoms with Crippen LogP contribution < -0.4 is 4.72 Å². The Kier molecular flexibility index (Phi) is 4.90. The lowest BCUT2D eigenvalue weighted by Gasteiger charge is -2.35. The highest BCUT2D eigenvalue weighted by molar-refractivity contribution is 7.89. The molecule has 1 heterocycles. The van der Waals surface area contributed by atoms with Gasteiger partial charge in [0.15, 0.2) is 0 Å². The van der Waals surface area contributed by atoms with E-state index in [2.05, 4.69) is 27.8 Å². The van der Waals surface area contributed by atoms with E-state index in [9.17, 15) is 8.42 Å². The number of hydrogen-bond acceptors (Lipinski definition) is 3. The second kappa shape index (κ2) is 7.56. The van der Waals surface area contributed by atoms with Crippen LogP contribution in [0, 0.1) is 0 Å². The average molecular weight is 407 g/mol. The molecule has 3 aromatic carbocycles. The van der Waals surface area contributed by atoms with Gasteiger partial charge in [-0.15, -0.1) is 0 Å². The van der Waals surface area contributed by atoms with E-state index in [1.807, 2.05) is 30.3 Å². The van der Waals surface area contributed by atoms with Gasteiger partial charge < -0.3 is 0 Å². The van der Waals surface area contributed by atoms with Crippen molar-refractivity contribution >= 4 is 20.8 Å².